The highest BCUT2D eigenvalue weighted by atomic mass is 79.9. The number of thioether (sulfide) groups is 1. The van der Waals surface area contributed by atoms with Gasteiger partial charge in [-0.3, -0.25) is 9.59 Å². The van der Waals surface area contributed by atoms with Crippen LogP contribution in [0.2, 0.25) is 5.02 Å². The molecule has 1 saturated heterocycles. The largest absolute Gasteiger partial charge is 0.492 e. The minimum atomic E-state index is -0.362. The van der Waals surface area contributed by atoms with Gasteiger partial charge < -0.3 is 18.8 Å². The standard InChI is InChI=1S/C27H18BrClN2O5S/c28-17-1-7-22-21(12-17)16(11-25-26(32)31(27(33)37-25)19-4-2-18(29)3-5-19)14-30(22)9-10-34-20-6-8-23-24(13-20)36-15-35-23/h1-8,11-14H,9-10,15H2/b25-11-. The van der Waals surface area contributed by atoms with Crippen molar-refractivity contribution in [1.29, 1.82) is 0 Å². The fraction of sp³-hybridized carbons (Fsp3) is 0.111. The number of fused-ring (bicyclic) bond motifs is 2. The topological polar surface area (TPSA) is 70.0 Å². The molecular weight excluding hydrogens is 580 g/mol. The van der Waals surface area contributed by atoms with E-state index in [0.29, 0.717) is 46.0 Å². The lowest BCUT2D eigenvalue weighted by Crippen LogP contribution is -2.27. The van der Waals surface area contributed by atoms with E-state index in [1.54, 1.807) is 30.3 Å². The first-order chi connectivity index (χ1) is 18.0. The smallest absolute Gasteiger partial charge is 0.298 e. The molecule has 3 heterocycles. The van der Waals surface area contributed by atoms with Crippen molar-refractivity contribution in [3.05, 3.63) is 86.8 Å². The van der Waals surface area contributed by atoms with E-state index >= 15 is 0 Å². The number of aromatic nitrogens is 1. The van der Waals surface area contributed by atoms with E-state index < -0.39 is 0 Å². The van der Waals surface area contributed by atoms with Gasteiger partial charge in [-0.25, -0.2) is 4.90 Å². The molecule has 4 aromatic rings. The van der Waals surface area contributed by atoms with Crippen LogP contribution in [0.15, 0.2) is 76.2 Å². The molecule has 0 bridgehead atoms. The SMILES string of the molecule is O=C1S/C(=C\c2cn(CCOc3ccc4c(c3)OCO4)c3ccc(Br)cc23)C(=O)N1c1ccc(Cl)cc1. The Bertz CT molecular complexity index is 1580. The Morgan fingerprint density at radius 2 is 1.84 bits per heavy atom. The molecule has 1 aromatic heterocycles. The summed E-state index contributed by atoms with van der Waals surface area (Å²) in [4.78, 5) is 27.4. The van der Waals surface area contributed by atoms with Crippen molar-refractivity contribution in [2.45, 2.75) is 6.54 Å². The molecule has 0 N–H and O–H groups in total. The highest BCUT2D eigenvalue weighted by Gasteiger charge is 2.36. The lowest BCUT2D eigenvalue weighted by atomic mass is 10.1. The van der Waals surface area contributed by atoms with Gasteiger partial charge >= 0.3 is 0 Å². The van der Waals surface area contributed by atoms with Crippen LogP contribution in [-0.2, 0) is 11.3 Å². The van der Waals surface area contributed by atoms with E-state index in [0.717, 1.165) is 32.7 Å². The Morgan fingerprint density at radius 1 is 1.03 bits per heavy atom. The molecule has 3 aromatic carbocycles. The molecule has 0 saturated carbocycles. The summed E-state index contributed by atoms with van der Waals surface area (Å²) in [6, 6.07) is 18.1. The van der Waals surface area contributed by atoms with Crippen LogP contribution in [0.5, 0.6) is 17.2 Å². The second-order valence-corrected chi connectivity index (χ2v) is 10.6. The van der Waals surface area contributed by atoms with Crippen LogP contribution in [0.25, 0.3) is 17.0 Å². The number of rotatable bonds is 6. The maximum absolute atomic E-state index is 13.2. The van der Waals surface area contributed by atoms with Crippen LogP contribution in [-0.4, -0.2) is 29.1 Å². The van der Waals surface area contributed by atoms with Gasteiger partial charge in [0, 0.05) is 38.2 Å². The fourth-order valence-corrected chi connectivity index (χ4v) is 5.57. The van der Waals surface area contributed by atoms with Gasteiger partial charge in [-0.15, -0.1) is 0 Å². The van der Waals surface area contributed by atoms with Crippen LogP contribution in [0.4, 0.5) is 10.5 Å². The van der Waals surface area contributed by atoms with Crippen molar-refractivity contribution in [2.24, 2.45) is 0 Å². The van der Waals surface area contributed by atoms with Gasteiger partial charge in [0.05, 0.1) is 17.1 Å². The lowest BCUT2D eigenvalue weighted by molar-refractivity contribution is -0.113. The van der Waals surface area contributed by atoms with Gasteiger partial charge in [-0.05, 0) is 72.4 Å². The number of imide groups is 1. The summed E-state index contributed by atoms with van der Waals surface area (Å²) in [6.45, 7) is 1.21. The average Bonchev–Trinajstić information content (AvgIpc) is 3.56. The minimum Gasteiger partial charge on any atom is -0.492 e. The summed E-state index contributed by atoms with van der Waals surface area (Å²) < 4.78 is 19.7. The molecule has 0 spiro atoms. The molecule has 2 aliphatic heterocycles. The Labute approximate surface area is 229 Å². The number of hydrogen-bond donors (Lipinski definition) is 0. The maximum atomic E-state index is 13.2. The summed E-state index contributed by atoms with van der Waals surface area (Å²) in [7, 11) is 0. The molecule has 1 fully saturated rings. The number of ether oxygens (including phenoxy) is 3. The summed E-state index contributed by atoms with van der Waals surface area (Å²) in [5.74, 6) is 1.71. The molecule has 0 radical (unpaired) electrons. The van der Waals surface area contributed by atoms with E-state index in [1.165, 1.54) is 4.90 Å². The Balaban J connectivity index is 1.25. The van der Waals surface area contributed by atoms with Crippen LogP contribution in [0, 0.1) is 0 Å². The third-order valence-electron chi connectivity index (χ3n) is 5.98. The van der Waals surface area contributed by atoms with Crippen LogP contribution in [0.3, 0.4) is 0 Å². The summed E-state index contributed by atoms with van der Waals surface area (Å²) >= 11 is 10.4. The third kappa shape index (κ3) is 4.70. The van der Waals surface area contributed by atoms with Crippen molar-refractivity contribution in [2.75, 3.05) is 18.3 Å². The number of nitrogens with zero attached hydrogens (tertiary/aromatic N) is 2. The first kappa shape index (κ1) is 24.0. The Kier molecular flexibility index (Phi) is 6.36. The van der Waals surface area contributed by atoms with Gasteiger partial charge in [-0.2, -0.15) is 0 Å². The normalized spacial score (nSPS) is 15.8. The fourth-order valence-electron chi connectivity index (χ4n) is 4.25. The summed E-state index contributed by atoms with van der Waals surface area (Å²) in [5, 5.41) is 1.14. The van der Waals surface area contributed by atoms with E-state index in [2.05, 4.69) is 20.5 Å². The monoisotopic (exact) mass is 596 g/mol. The Morgan fingerprint density at radius 3 is 2.68 bits per heavy atom. The molecule has 2 amide bonds. The van der Waals surface area contributed by atoms with E-state index in [-0.39, 0.29) is 17.9 Å². The molecule has 0 unspecified atom stereocenters. The lowest BCUT2D eigenvalue weighted by Gasteiger charge is -2.12. The van der Waals surface area contributed by atoms with Crippen molar-refractivity contribution in [3.8, 4) is 17.2 Å². The first-order valence-corrected chi connectivity index (χ1v) is 13.3. The highest BCUT2D eigenvalue weighted by molar-refractivity contribution is 9.10. The zero-order valence-corrected chi connectivity index (χ0v) is 22.3. The first-order valence-electron chi connectivity index (χ1n) is 11.3. The zero-order valence-electron chi connectivity index (χ0n) is 19.1. The predicted molar refractivity (Wildman–Crippen MR) is 148 cm³/mol. The molecule has 6 rings (SSSR count). The second-order valence-electron chi connectivity index (χ2n) is 8.30. The van der Waals surface area contributed by atoms with Crippen LogP contribution >= 0.6 is 39.3 Å². The Hall–Kier alpha value is -3.40. The van der Waals surface area contributed by atoms with Crippen LogP contribution in [0.1, 0.15) is 5.56 Å². The number of halogens is 2. The van der Waals surface area contributed by atoms with Crippen LogP contribution < -0.4 is 19.1 Å². The van der Waals surface area contributed by atoms with Crippen molar-refractivity contribution < 1.29 is 23.8 Å². The van der Waals surface area contributed by atoms with Gasteiger partial charge in [0.15, 0.2) is 11.5 Å². The molecule has 2 aliphatic rings. The third-order valence-corrected chi connectivity index (χ3v) is 7.60. The number of carbonyl (C=O) groups is 2. The van der Waals surface area contributed by atoms with Gasteiger partial charge in [0.1, 0.15) is 12.4 Å². The van der Waals surface area contributed by atoms with E-state index in [4.69, 9.17) is 25.8 Å². The average molecular weight is 598 g/mol. The predicted octanol–water partition coefficient (Wildman–Crippen LogP) is 7.11. The number of benzene rings is 3. The van der Waals surface area contributed by atoms with Gasteiger partial charge in [0.25, 0.3) is 11.1 Å². The molecule has 0 atom stereocenters. The van der Waals surface area contributed by atoms with Crippen molar-refractivity contribution >= 4 is 73.1 Å². The van der Waals surface area contributed by atoms with Gasteiger partial charge in [-0.1, -0.05) is 27.5 Å². The number of anilines is 1. The summed E-state index contributed by atoms with van der Waals surface area (Å²) in [6.07, 6.45) is 3.74. The molecule has 7 nitrogen and oxygen atoms in total. The van der Waals surface area contributed by atoms with Crippen molar-refractivity contribution in [3.63, 3.8) is 0 Å². The van der Waals surface area contributed by atoms with Crippen molar-refractivity contribution in [1.82, 2.24) is 4.57 Å². The molecular formula is C27H18BrClN2O5S. The molecule has 186 valence electrons. The van der Waals surface area contributed by atoms with E-state index in [1.807, 2.05) is 42.6 Å². The van der Waals surface area contributed by atoms with E-state index in [9.17, 15) is 9.59 Å². The molecule has 10 heteroatoms. The second kappa shape index (κ2) is 9.81. The summed E-state index contributed by atoms with van der Waals surface area (Å²) in [5.41, 5.74) is 2.31. The quantitative estimate of drug-likeness (QED) is 0.221. The molecule has 0 aliphatic carbocycles. The minimum absolute atomic E-state index is 0.214. The number of amides is 2. The number of hydrogen-bond acceptors (Lipinski definition) is 6. The van der Waals surface area contributed by atoms with Gasteiger partial charge in [0.2, 0.25) is 6.79 Å². The zero-order chi connectivity index (χ0) is 25.5. The highest BCUT2D eigenvalue weighted by Crippen LogP contribution is 2.38. The molecule has 37 heavy (non-hydrogen) atoms. The number of carbonyl (C=O) groups excluding carboxylic acids is 2. The maximum Gasteiger partial charge on any atom is 0.298 e.